The van der Waals surface area contributed by atoms with Crippen molar-refractivity contribution in [1.29, 1.82) is 0 Å². The van der Waals surface area contributed by atoms with E-state index >= 15 is 0 Å². The summed E-state index contributed by atoms with van der Waals surface area (Å²) < 4.78 is 16.2. The highest BCUT2D eigenvalue weighted by Gasteiger charge is 2.09. The summed E-state index contributed by atoms with van der Waals surface area (Å²) in [5.74, 6) is 1.28. The fraction of sp³-hybridized carbons (Fsp3) is 0.368. The van der Waals surface area contributed by atoms with Crippen LogP contribution in [0.15, 0.2) is 48.2 Å². The molecule has 0 aliphatic carbocycles. The van der Waals surface area contributed by atoms with Gasteiger partial charge in [-0.15, -0.1) is 30.6 Å². The van der Waals surface area contributed by atoms with Gasteiger partial charge in [0.15, 0.2) is 5.96 Å². The number of imidazole rings is 1. The van der Waals surface area contributed by atoms with Crippen molar-refractivity contribution in [3.8, 4) is 5.69 Å². The molecule has 1 heterocycles. The number of aryl methyl sites for hydroxylation is 1. The van der Waals surface area contributed by atoms with Crippen LogP contribution in [0.5, 0.6) is 0 Å². The van der Waals surface area contributed by atoms with Crippen LogP contribution in [-0.4, -0.2) is 41.1 Å². The maximum absolute atomic E-state index is 14.4. The van der Waals surface area contributed by atoms with Gasteiger partial charge in [0.2, 0.25) is 0 Å². The molecule has 0 saturated heterocycles. The first-order valence-electron chi connectivity index (χ1n) is 8.38. The van der Waals surface area contributed by atoms with Gasteiger partial charge in [0, 0.05) is 39.6 Å². The molecule has 2 aromatic rings. The number of guanidine groups is 1. The molecule has 7 heteroatoms. The molecule has 0 radical (unpaired) electrons. The Bertz CT molecular complexity index is 741. The molecule has 0 bridgehead atoms. The highest BCUT2D eigenvalue weighted by Crippen LogP contribution is 2.16. The van der Waals surface area contributed by atoms with E-state index in [1.165, 1.54) is 0 Å². The second-order valence-corrected chi connectivity index (χ2v) is 5.88. The van der Waals surface area contributed by atoms with Crippen molar-refractivity contribution in [2.24, 2.45) is 4.99 Å². The minimum Gasteiger partial charge on any atom is -0.352 e. The average Bonchev–Trinajstić information content (AvgIpc) is 3.01. The van der Waals surface area contributed by atoms with Crippen molar-refractivity contribution >= 4 is 29.9 Å². The molecule has 5 nitrogen and oxygen atoms in total. The third-order valence-corrected chi connectivity index (χ3v) is 4.02. The first-order chi connectivity index (χ1) is 12.1. The molecule has 142 valence electrons. The fourth-order valence-electron chi connectivity index (χ4n) is 2.63. The van der Waals surface area contributed by atoms with Crippen molar-refractivity contribution < 1.29 is 4.39 Å². The number of aliphatic imine (C=N–C) groups is 1. The van der Waals surface area contributed by atoms with E-state index in [0.29, 0.717) is 12.2 Å². The van der Waals surface area contributed by atoms with Crippen LogP contribution in [-0.2, 0) is 6.54 Å². The molecule has 1 N–H and O–H groups in total. The Morgan fingerprint density at radius 1 is 1.46 bits per heavy atom. The molecule has 0 aliphatic rings. The molecule has 1 aromatic carbocycles. The minimum atomic E-state index is -0.269. The van der Waals surface area contributed by atoms with Gasteiger partial charge in [-0.2, -0.15) is 0 Å². The number of allylic oxidation sites excluding steroid dienone is 1. The zero-order valence-corrected chi connectivity index (χ0v) is 17.9. The number of unbranched alkanes of at least 4 members (excludes halogenated alkanes) is 1. The topological polar surface area (TPSA) is 45.5 Å². The second-order valence-electron chi connectivity index (χ2n) is 5.88. The molecule has 0 saturated carbocycles. The summed E-state index contributed by atoms with van der Waals surface area (Å²) >= 11 is 0. The van der Waals surface area contributed by atoms with Crippen LogP contribution in [0.1, 0.15) is 24.2 Å². The molecule has 0 aliphatic heterocycles. The van der Waals surface area contributed by atoms with E-state index in [-0.39, 0.29) is 29.8 Å². The summed E-state index contributed by atoms with van der Waals surface area (Å²) in [4.78, 5) is 10.5. The van der Waals surface area contributed by atoms with Crippen LogP contribution < -0.4 is 5.32 Å². The van der Waals surface area contributed by atoms with Gasteiger partial charge < -0.3 is 14.8 Å². The Balaban J connectivity index is 0.00000338. The maximum atomic E-state index is 14.4. The SMILES string of the molecule is C=CCCCN(C)C(=NC)NCc1ccc(-n2ccnc2C)c(F)c1.I. The van der Waals surface area contributed by atoms with Crippen molar-refractivity contribution in [2.75, 3.05) is 20.6 Å². The summed E-state index contributed by atoms with van der Waals surface area (Å²) in [6, 6.07) is 5.24. The first kappa shape index (κ1) is 22.1. The molecule has 0 spiro atoms. The maximum Gasteiger partial charge on any atom is 0.193 e. The fourth-order valence-corrected chi connectivity index (χ4v) is 2.63. The van der Waals surface area contributed by atoms with E-state index in [1.54, 1.807) is 36.1 Å². The molecular weight excluding hydrogens is 444 g/mol. The Morgan fingerprint density at radius 3 is 2.81 bits per heavy atom. The van der Waals surface area contributed by atoms with Crippen LogP contribution in [0.2, 0.25) is 0 Å². The lowest BCUT2D eigenvalue weighted by atomic mass is 10.2. The Kier molecular flexibility index (Phi) is 9.32. The van der Waals surface area contributed by atoms with E-state index in [0.717, 1.165) is 36.7 Å². The molecule has 0 amide bonds. The van der Waals surface area contributed by atoms with Crippen molar-refractivity contribution in [2.45, 2.75) is 26.3 Å². The summed E-state index contributed by atoms with van der Waals surface area (Å²) in [5.41, 5.74) is 1.37. The lowest BCUT2D eigenvalue weighted by Crippen LogP contribution is -2.39. The molecule has 0 unspecified atom stereocenters. The van der Waals surface area contributed by atoms with Crippen LogP contribution >= 0.6 is 24.0 Å². The number of hydrogen-bond acceptors (Lipinski definition) is 2. The number of benzene rings is 1. The van der Waals surface area contributed by atoms with Crippen molar-refractivity contribution in [3.05, 3.63) is 60.5 Å². The largest absolute Gasteiger partial charge is 0.352 e. The Morgan fingerprint density at radius 2 is 2.23 bits per heavy atom. The van der Waals surface area contributed by atoms with E-state index < -0.39 is 0 Å². The predicted molar refractivity (Wildman–Crippen MR) is 116 cm³/mol. The highest BCUT2D eigenvalue weighted by molar-refractivity contribution is 14.0. The van der Waals surface area contributed by atoms with Gasteiger partial charge in [-0.05, 0) is 37.5 Å². The number of aromatic nitrogens is 2. The summed E-state index contributed by atoms with van der Waals surface area (Å²) in [7, 11) is 3.74. The normalized spacial score (nSPS) is 11.0. The van der Waals surface area contributed by atoms with Crippen LogP contribution in [0, 0.1) is 12.7 Å². The van der Waals surface area contributed by atoms with Gasteiger partial charge in [-0.25, -0.2) is 9.37 Å². The number of hydrogen-bond donors (Lipinski definition) is 1. The van der Waals surface area contributed by atoms with Gasteiger partial charge in [-0.3, -0.25) is 4.99 Å². The molecule has 26 heavy (non-hydrogen) atoms. The Labute approximate surface area is 172 Å². The third-order valence-electron chi connectivity index (χ3n) is 4.02. The van der Waals surface area contributed by atoms with Gasteiger partial charge in [0.05, 0.1) is 5.69 Å². The first-order valence-corrected chi connectivity index (χ1v) is 8.38. The second kappa shape index (κ2) is 10.9. The molecule has 2 rings (SSSR count). The molecular formula is C19H27FIN5. The number of rotatable bonds is 7. The predicted octanol–water partition coefficient (Wildman–Crippen LogP) is 3.91. The number of nitrogens with zero attached hydrogens (tertiary/aromatic N) is 4. The smallest absolute Gasteiger partial charge is 0.193 e. The number of halogens is 2. The molecule has 0 fully saturated rings. The van der Waals surface area contributed by atoms with Gasteiger partial charge >= 0.3 is 0 Å². The van der Waals surface area contributed by atoms with Gasteiger partial charge in [-0.1, -0.05) is 12.1 Å². The number of nitrogens with one attached hydrogen (secondary N) is 1. The summed E-state index contributed by atoms with van der Waals surface area (Å²) in [6.07, 6.45) is 7.33. The molecule has 1 aromatic heterocycles. The minimum absolute atomic E-state index is 0. The zero-order valence-electron chi connectivity index (χ0n) is 15.6. The highest BCUT2D eigenvalue weighted by atomic mass is 127. The van der Waals surface area contributed by atoms with Gasteiger partial charge in [0.25, 0.3) is 0 Å². The van der Waals surface area contributed by atoms with E-state index in [2.05, 4.69) is 26.8 Å². The van der Waals surface area contributed by atoms with Crippen LogP contribution in [0.3, 0.4) is 0 Å². The van der Waals surface area contributed by atoms with Gasteiger partial charge in [0.1, 0.15) is 11.6 Å². The monoisotopic (exact) mass is 471 g/mol. The van der Waals surface area contributed by atoms with E-state index in [4.69, 9.17) is 0 Å². The van der Waals surface area contributed by atoms with Crippen LogP contribution in [0.25, 0.3) is 5.69 Å². The van der Waals surface area contributed by atoms with E-state index in [9.17, 15) is 4.39 Å². The quantitative estimate of drug-likeness (QED) is 0.219. The van der Waals surface area contributed by atoms with Crippen molar-refractivity contribution in [3.63, 3.8) is 0 Å². The standard InChI is InChI=1S/C19H26FN5.HI/c1-5-6-7-11-24(4)19(21-3)23-14-16-8-9-18(17(20)13-16)25-12-10-22-15(25)2;/h5,8-10,12-13H,1,6-7,11,14H2,2-4H3,(H,21,23);1H. The zero-order chi connectivity index (χ0) is 18.2. The average molecular weight is 471 g/mol. The van der Waals surface area contributed by atoms with Crippen LogP contribution in [0.4, 0.5) is 4.39 Å². The third kappa shape index (κ3) is 5.82. The van der Waals surface area contributed by atoms with E-state index in [1.807, 2.05) is 26.1 Å². The lowest BCUT2D eigenvalue weighted by Gasteiger charge is -2.22. The Hall–Kier alpha value is -1.90. The van der Waals surface area contributed by atoms with Crippen molar-refractivity contribution in [1.82, 2.24) is 19.8 Å². The lowest BCUT2D eigenvalue weighted by molar-refractivity contribution is 0.469. The summed E-state index contributed by atoms with van der Waals surface area (Å²) in [6.45, 7) is 6.98. The molecule has 0 atom stereocenters. The summed E-state index contributed by atoms with van der Waals surface area (Å²) in [5, 5.41) is 3.27.